The van der Waals surface area contributed by atoms with Crippen LogP contribution in [-0.2, 0) is 28.8 Å². The highest BCUT2D eigenvalue weighted by molar-refractivity contribution is 5.67. The SMILES string of the molecule is COc1cc(-c2noc(C(F)(F)F)n2)ccc1CNC(=O)OCc1ccc(N2CCOCC2)nc1. The van der Waals surface area contributed by atoms with E-state index >= 15 is 0 Å². The first kappa shape index (κ1) is 24.3. The molecule has 13 heteroatoms. The van der Waals surface area contributed by atoms with E-state index in [0.717, 1.165) is 24.5 Å². The lowest BCUT2D eigenvalue weighted by Crippen LogP contribution is -2.36. The molecule has 1 aliphatic rings. The van der Waals surface area contributed by atoms with Crippen LogP contribution in [0.15, 0.2) is 41.1 Å². The summed E-state index contributed by atoms with van der Waals surface area (Å²) < 4.78 is 58.2. The molecule has 1 amide bonds. The molecule has 0 spiro atoms. The van der Waals surface area contributed by atoms with Crippen LogP contribution < -0.4 is 15.0 Å². The Balaban J connectivity index is 1.30. The van der Waals surface area contributed by atoms with E-state index in [2.05, 4.69) is 29.9 Å². The van der Waals surface area contributed by atoms with Gasteiger partial charge in [0, 0.05) is 42.5 Å². The van der Waals surface area contributed by atoms with Crippen LogP contribution in [0.1, 0.15) is 17.0 Å². The molecule has 0 saturated carbocycles. The predicted octanol–water partition coefficient (Wildman–Crippen LogP) is 3.42. The van der Waals surface area contributed by atoms with Gasteiger partial charge in [0.1, 0.15) is 18.2 Å². The van der Waals surface area contributed by atoms with Crippen molar-refractivity contribution in [3.05, 3.63) is 53.5 Å². The van der Waals surface area contributed by atoms with Crippen molar-refractivity contribution in [1.29, 1.82) is 0 Å². The number of morpholine rings is 1. The first-order valence-electron chi connectivity index (χ1n) is 10.6. The molecular weight excluding hydrogens is 471 g/mol. The van der Waals surface area contributed by atoms with Crippen LogP contribution in [0.2, 0.25) is 0 Å². The van der Waals surface area contributed by atoms with Crippen molar-refractivity contribution in [3.63, 3.8) is 0 Å². The lowest BCUT2D eigenvalue weighted by molar-refractivity contribution is -0.159. The first-order chi connectivity index (χ1) is 16.8. The number of benzene rings is 1. The summed E-state index contributed by atoms with van der Waals surface area (Å²) in [6.45, 7) is 2.99. The second kappa shape index (κ2) is 10.6. The van der Waals surface area contributed by atoms with Gasteiger partial charge in [-0.2, -0.15) is 18.2 Å². The standard InChI is InChI=1S/C22H22F3N5O5/c1-32-17-10-15(19-28-20(35-29-19)22(23,24)25)3-4-16(17)12-27-21(31)34-13-14-2-5-18(26-11-14)30-6-8-33-9-7-30/h2-5,10-11H,6-9,12-13H2,1H3,(H,27,31). The zero-order valence-electron chi connectivity index (χ0n) is 18.7. The van der Waals surface area contributed by atoms with E-state index in [1.54, 1.807) is 12.3 Å². The molecule has 1 aliphatic heterocycles. The van der Waals surface area contributed by atoms with E-state index < -0.39 is 18.2 Å². The average molecular weight is 493 g/mol. The molecule has 1 fully saturated rings. The molecule has 1 N–H and O–H groups in total. The van der Waals surface area contributed by atoms with Crippen molar-refractivity contribution in [2.75, 3.05) is 38.3 Å². The number of amides is 1. The van der Waals surface area contributed by atoms with Gasteiger partial charge in [-0.1, -0.05) is 23.4 Å². The third kappa shape index (κ3) is 6.18. The van der Waals surface area contributed by atoms with Crippen molar-refractivity contribution in [2.24, 2.45) is 0 Å². The topological polar surface area (TPSA) is 112 Å². The Hall–Kier alpha value is -3.87. The average Bonchev–Trinajstić information content (AvgIpc) is 3.38. The zero-order chi connectivity index (χ0) is 24.8. The minimum absolute atomic E-state index is 0.0393. The highest BCUT2D eigenvalue weighted by atomic mass is 19.4. The number of aromatic nitrogens is 3. The van der Waals surface area contributed by atoms with Gasteiger partial charge in [-0.25, -0.2) is 9.78 Å². The van der Waals surface area contributed by atoms with Gasteiger partial charge in [0.05, 0.1) is 20.3 Å². The number of anilines is 1. The number of alkyl carbamates (subject to hydrolysis) is 1. The largest absolute Gasteiger partial charge is 0.496 e. The second-order valence-electron chi connectivity index (χ2n) is 7.50. The highest BCUT2D eigenvalue weighted by Crippen LogP contribution is 2.31. The molecule has 35 heavy (non-hydrogen) atoms. The third-order valence-electron chi connectivity index (χ3n) is 5.15. The van der Waals surface area contributed by atoms with E-state index in [4.69, 9.17) is 14.2 Å². The summed E-state index contributed by atoms with van der Waals surface area (Å²) in [4.78, 5) is 22.0. The van der Waals surface area contributed by atoms with E-state index in [9.17, 15) is 18.0 Å². The van der Waals surface area contributed by atoms with Gasteiger partial charge in [0.15, 0.2) is 0 Å². The number of hydrogen-bond donors (Lipinski definition) is 1. The Morgan fingerprint density at radius 1 is 1.20 bits per heavy atom. The second-order valence-corrected chi connectivity index (χ2v) is 7.50. The summed E-state index contributed by atoms with van der Waals surface area (Å²) in [6, 6.07) is 8.24. The van der Waals surface area contributed by atoms with Crippen LogP contribution in [0.3, 0.4) is 0 Å². The summed E-state index contributed by atoms with van der Waals surface area (Å²) in [5.74, 6) is -0.509. The Bertz CT molecular complexity index is 1150. The minimum Gasteiger partial charge on any atom is -0.496 e. The van der Waals surface area contributed by atoms with Crippen molar-refractivity contribution in [1.82, 2.24) is 20.4 Å². The molecule has 1 aromatic carbocycles. The fourth-order valence-electron chi connectivity index (χ4n) is 3.33. The monoisotopic (exact) mass is 493 g/mol. The smallest absolute Gasteiger partial charge is 0.471 e. The predicted molar refractivity (Wildman–Crippen MR) is 116 cm³/mol. The number of pyridine rings is 1. The zero-order valence-corrected chi connectivity index (χ0v) is 18.7. The Kier molecular flexibility index (Phi) is 7.34. The summed E-state index contributed by atoms with van der Waals surface area (Å²) in [7, 11) is 1.39. The molecule has 10 nitrogen and oxygen atoms in total. The maximum absolute atomic E-state index is 12.7. The highest BCUT2D eigenvalue weighted by Gasteiger charge is 2.38. The van der Waals surface area contributed by atoms with E-state index in [1.165, 1.54) is 19.2 Å². The van der Waals surface area contributed by atoms with Crippen LogP contribution in [0.5, 0.6) is 5.75 Å². The number of hydrogen-bond acceptors (Lipinski definition) is 9. The van der Waals surface area contributed by atoms with E-state index in [0.29, 0.717) is 24.5 Å². The molecule has 3 heterocycles. The van der Waals surface area contributed by atoms with Crippen LogP contribution in [0.4, 0.5) is 23.8 Å². The summed E-state index contributed by atoms with van der Waals surface area (Å²) in [5.41, 5.74) is 1.57. The van der Waals surface area contributed by atoms with Crippen molar-refractivity contribution in [3.8, 4) is 17.1 Å². The normalized spacial score (nSPS) is 14.0. The minimum atomic E-state index is -4.74. The molecular formula is C22H22F3N5O5. The van der Waals surface area contributed by atoms with E-state index in [-0.39, 0.29) is 24.5 Å². The lowest BCUT2D eigenvalue weighted by atomic mass is 10.1. The van der Waals surface area contributed by atoms with Gasteiger partial charge < -0.3 is 29.0 Å². The summed E-state index contributed by atoms with van der Waals surface area (Å²) in [5, 5.41) is 5.96. The molecule has 4 rings (SSSR count). The maximum atomic E-state index is 12.7. The third-order valence-corrected chi connectivity index (χ3v) is 5.15. The van der Waals surface area contributed by atoms with Crippen LogP contribution >= 0.6 is 0 Å². The number of halogens is 3. The van der Waals surface area contributed by atoms with Gasteiger partial charge in [-0.15, -0.1) is 0 Å². The molecule has 1 saturated heterocycles. The van der Waals surface area contributed by atoms with E-state index in [1.807, 2.05) is 12.1 Å². The Morgan fingerprint density at radius 2 is 2.00 bits per heavy atom. The van der Waals surface area contributed by atoms with Gasteiger partial charge in [-0.05, 0) is 12.1 Å². The molecule has 2 aromatic heterocycles. The quantitative estimate of drug-likeness (QED) is 0.529. The van der Waals surface area contributed by atoms with Crippen molar-refractivity contribution >= 4 is 11.9 Å². The number of carbonyl (C=O) groups is 1. The molecule has 0 aliphatic carbocycles. The van der Waals surface area contributed by atoms with Crippen LogP contribution in [0, 0.1) is 0 Å². The number of alkyl halides is 3. The van der Waals surface area contributed by atoms with Crippen molar-refractivity contribution in [2.45, 2.75) is 19.3 Å². The molecule has 186 valence electrons. The van der Waals surface area contributed by atoms with Crippen LogP contribution in [0.25, 0.3) is 11.4 Å². The fourth-order valence-corrected chi connectivity index (χ4v) is 3.33. The number of rotatable bonds is 7. The first-order valence-corrected chi connectivity index (χ1v) is 10.6. The van der Waals surface area contributed by atoms with Crippen LogP contribution in [-0.4, -0.2) is 54.6 Å². The Morgan fingerprint density at radius 3 is 2.66 bits per heavy atom. The summed E-state index contributed by atoms with van der Waals surface area (Å²) in [6.07, 6.45) is -3.73. The molecule has 0 radical (unpaired) electrons. The lowest BCUT2D eigenvalue weighted by Gasteiger charge is -2.27. The fraction of sp³-hybridized carbons (Fsp3) is 0.364. The van der Waals surface area contributed by atoms with Gasteiger partial charge >= 0.3 is 18.2 Å². The molecule has 0 unspecified atom stereocenters. The molecule has 0 atom stereocenters. The molecule has 0 bridgehead atoms. The van der Waals surface area contributed by atoms with Gasteiger partial charge in [-0.3, -0.25) is 0 Å². The number of methoxy groups -OCH3 is 1. The maximum Gasteiger partial charge on any atom is 0.471 e. The number of nitrogens with one attached hydrogen (secondary N) is 1. The van der Waals surface area contributed by atoms with Crippen molar-refractivity contribution < 1.29 is 36.7 Å². The summed E-state index contributed by atoms with van der Waals surface area (Å²) >= 11 is 0. The molecule has 3 aromatic rings. The Labute approximate surface area is 198 Å². The van der Waals surface area contributed by atoms with Gasteiger partial charge in [0.2, 0.25) is 5.82 Å². The number of carbonyl (C=O) groups excluding carboxylic acids is 1. The van der Waals surface area contributed by atoms with Gasteiger partial charge in [0.25, 0.3) is 0 Å². The number of ether oxygens (including phenoxy) is 3. The number of nitrogens with zero attached hydrogens (tertiary/aromatic N) is 4.